The second-order valence-electron chi connectivity index (χ2n) is 7.79. The van der Waals surface area contributed by atoms with E-state index in [1.807, 2.05) is 18.2 Å². The molecule has 0 spiro atoms. The normalized spacial score (nSPS) is 30.3. The van der Waals surface area contributed by atoms with Crippen LogP contribution in [0.15, 0.2) is 53.3 Å². The lowest BCUT2D eigenvalue weighted by molar-refractivity contribution is -0.126. The van der Waals surface area contributed by atoms with Gasteiger partial charge < -0.3 is 15.8 Å². The molecule has 0 radical (unpaired) electrons. The van der Waals surface area contributed by atoms with Crippen LogP contribution in [0.3, 0.4) is 0 Å². The van der Waals surface area contributed by atoms with Gasteiger partial charge in [-0.2, -0.15) is 0 Å². The van der Waals surface area contributed by atoms with Gasteiger partial charge in [0.25, 0.3) is 5.91 Å². The first-order chi connectivity index (χ1) is 12.4. The van der Waals surface area contributed by atoms with Crippen molar-refractivity contribution < 1.29 is 14.3 Å². The molecule has 5 nitrogen and oxygen atoms in total. The SMILES string of the molecule is CNC(=O)C1=CC(C(N)=O)(C2CC2)CC2=C1OCC2(C)c1ccccc1. The Balaban J connectivity index is 1.88. The molecule has 26 heavy (non-hydrogen) atoms. The number of carbonyl (C=O) groups is 2. The highest BCUT2D eigenvalue weighted by Crippen LogP contribution is 2.58. The fourth-order valence-corrected chi connectivity index (χ4v) is 4.41. The molecule has 3 N–H and O–H groups in total. The maximum absolute atomic E-state index is 12.6. The number of benzene rings is 1. The van der Waals surface area contributed by atoms with E-state index in [2.05, 4.69) is 24.4 Å². The summed E-state index contributed by atoms with van der Waals surface area (Å²) in [6, 6.07) is 10.1. The summed E-state index contributed by atoms with van der Waals surface area (Å²) in [4.78, 5) is 25.1. The van der Waals surface area contributed by atoms with Crippen molar-refractivity contribution in [3.8, 4) is 0 Å². The fourth-order valence-electron chi connectivity index (χ4n) is 4.41. The summed E-state index contributed by atoms with van der Waals surface area (Å²) in [7, 11) is 1.59. The molecule has 1 fully saturated rings. The van der Waals surface area contributed by atoms with Gasteiger partial charge in [-0.1, -0.05) is 36.4 Å². The van der Waals surface area contributed by atoms with Crippen LogP contribution in [0.25, 0.3) is 0 Å². The Hall–Kier alpha value is -2.56. The average molecular weight is 352 g/mol. The number of likely N-dealkylation sites (N-methyl/N-ethyl adjacent to an activating group) is 1. The highest BCUT2D eigenvalue weighted by atomic mass is 16.5. The van der Waals surface area contributed by atoms with Gasteiger partial charge in [0.2, 0.25) is 5.91 Å². The Morgan fingerprint density at radius 2 is 1.92 bits per heavy atom. The third kappa shape index (κ3) is 2.30. The molecule has 0 bridgehead atoms. The summed E-state index contributed by atoms with van der Waals surface area (Å²) in [5, 5.41) is 2.68. The Morgan fingerprint density at radius 3 is 2.50 bits per heavy atom. The minimum absolute atomic E-state index is 0.203. The van der Waals surface area contributed by atoms with Crippen LogP contribution in [-0.2, 0) is 19.7 Å². The smallest absolute Gasteiger partial charge is 0.254 e. The highest BCUT2D eigenvalue weighted by Gasteiger charge is 2.56. The maximum atomic E-state index is 12.6. The third-order valence-electron chi connectivity index (χ3n) is 6.21. The predicted molar refractivity (Wildman–Crippen MR) is 97.9 cm³/mol. The zero-order valence-electron chi connectivity index (χ0n) is 15.2. The molecular weight excluding hydrogens is 328 g/mol. The summed E-state index contributed by atoms with van der Waals surface area (Å²) in [5.41, 5.74) is 7.28. The first kappa shape index (κ1) is 16.9. The molecule has 2 unspecified atom stereocenters. The molecule has 3 aliphatic rings. The number of nitrogens with two attached hydrogens (primary N) is 1. The van der Waals surface area contributed by atoms with Crippen molar-refractivity contribution in [1.82, 2.24) is 5.32 Å². The van der Waals surface area contributed by atoms with Gasteiger partial charge in [-0.3, -0.25) is 9.59 Å². The van der Waals surface area contributed by atoms with Crippen molar-refractivity contribution in [2.75, 3.05) is 13.7 Å². The van der Waals surface area contributed by atoms with E-state index in [1.54, 1.807) is 13.1 Å². The number of hydrogen-bond donors (Lipinski definition) is 2. The second kappa shape index (κ2) is 5.73. The first-order valence-corrected chi connectivity index (χ1v) is 9.09. The first-order valence-electron chi connectivity index (χ1n) is 9.09. The molecule has 0 aromatic heterocycles. The molecule has 1 saturated carbocycles. The Kier molecular flexibility index (Phi) is 3.72. The van der Waals surface area contributed by atoms with E-state index >= 15 is 0 Å². The number of ether oxygens (including phenoxy) is 1. The Morgan fingerprint density at radius 1 is 1.23 bits per heavy atom. The van der Waals surface area contributed by atoms with Crippen LogP contribution in [-0.4, -0.2) is 25.5 Å². The van der Waals surface area contributed by atoms with Gasteiger partial charge in [0.15, 0.2) is 0 Å². The van der Waals surface area contributed by atoms with Crippen molar-refractivity contribution in [1.29, 1.82) is 0 Å². The quantitative estimate of drug-likeness (QED) is 0.871. The van der Waals surface area contributed by atoms with Crippen LogP contribution in [0.1, 0.15) is 31.7 Å². The van der Waals surface area contributed by atoms with Crippen molar-refractivity contribution in [2.24, 2.45) is 17.1 Å². The van der Waals surface area contributed by atoms with Crippen molar-refractivity contribution in [3.05, 3.63) is 58.9 Å². The van der Waals surface area contributed by atoms with E-state index in [4.69, 9.17) is 10.5 Å². The van der Waals surface area contributed by atoms with E-state index in [1.165, 1.54) is 0 Å². The van der Waals surface area contributed by atoms with Crippen LogP contribution in [0, 0.1) is 11.3 Å². The van der Waals surface area contributed by atoms with Gasteiger partial charge in [-0.05, 0) is 43.2 Å². The predicted octanol–water partition coefficient (Wildman–Crippen LogP) is 2.19. The second-order valence-corrected chi connectivity index (χ2v) is 7.79. The van der Waals surface area contributed by atoms with Crippen LogP contribution < -0.4 is 11.1 Å². The molecule has 2 amide bonds. The number of primary amides is 1. The summed E-state index contributed by atoms with van der Waals surface area (Å²) >= 11 is 0. The van der Waals surface area contributed by atoms with Crippen LogP contribution in [0.2, 0.25) is 0 Å². The van der Waals surface area contributed by atoms with E-state index in [0.717, 1.165) is 24.0 Å². The lowest BCUT2D eigenvalue weighted by atomic mass is 9.64. The van der Waals surface area contributed by atoms with Gasteiger partial charge in [0.1, 0.15) is 12.4 Å². The van der Waals surface area contributed by atoms with E-state index in [-0.39, 0.29) is 23.1 Å². The highest BCUT2D eigenvalue weighted by molar-refractivity contribution is 6.00. The number of nitrogens with one attached hydrogen (secondary N) is 1. The van der Waals surface area contributed by atoms with Crippen LogP contribution >= 0.6 is 0 Å². The lowest BCUT2D eigenvalue weighted by Crippen LogP contribution is -2.43. The lowest BCUT2D eigenvalue weighted by Gasteiger charge is -2.36. The molecule has 5 heteroatoms. The molecule has 1 heterocycles. The number of carbonyl (C=O) groups excluding carboxylic acids is 2. The third-order valence-corrected chi connectivity index (χ3v) is 6.21. The van der Waals surface area contributed by atoms with E-state index in [0.29, 0.717) is 24.4 Å². The summed E-state index contributed by atoms with van der Waals surface area (Å²) in [5.74, 6) is 0.235. The topological polar surface area (TPSA) is 81.4 Å². The molecule has 1 aliphatic heterocycles. The number of rotatable bonds is 4. The largest absolute Gasteiger partial charge is 0.492 e. The molecule has 136 valence electrons. The zero-order valence-corrected chi connectivity index (χ0v) is 15.2. The van der Waals surface area contributed by atoms with Crippen LogP contribution in [0.5, 0.6) is 0 Å². The standard InChI is InChI=1S/C21H24N2O3/c1-20(13-6-4-3-5-7-13)12-26-17-15(18(24)23-2)10-21(19(22)25,11-16(17)20)14-8-9-14/h3-7,10,14H,8-9,11-12H2,1-2H3,(H2,22,25)(H,23,24). The van der Waals surface area contributed by atoms with Crippen molar-refractivity contribution in [2.45, 2.75) is 31.6 Å². The fraction of sp³-hybridized carbons (Fsp3) is 0.429. The monoisotopic (exact) mass is 352 g/mol. The molecule has 4 rings (SSSR count). The Bertz CT molecular complexity index is 838. The van der Waals surface area contributed by atoms with Gasteiger partial charge in [-0.15, -0.1) is 0 Å². The molecule has 1 aromatic rings. The number of amides is 2. The summed E-state index contributed by atoms with van der Waals surface area (Å²) in [6.45, 7) is 2.58. The van der Waals surface area contributed by atoms with Gasteiger partial charge in [-0.25, -0.2) is 0 Å². The van der Waals surface area contributed by atoms with Crippen molar-refractivity contribution >= 4 is 11.8 Å². The van der Waals surface area contributed by atoms with Crippen LogP contribution in [0.4, 0.5) is 0 Å². The van der Waals surface area contributed by atoms with Gasteiger partial charge in [0, 0.05) is 7.05 Å². The molecular formula is C21H24N2O3. The minimum Gasteiger partial charge on any atom is -0.492 e. The number of hydrogen-bond acceptors (Lipinski definition) is 3. The zero-order chi connectivity index (χ0) is 18.5. The average Bonchev–Trinajstić information content (AvgIpc) is 3.46. The summed E-state index contributed by atoms with van der Waals surface area (Å²) in [6.07, 6.45) is 4.23. The Labute approximate surface area is 153 Å². The van der Waals surface area contributed by atoms with Crippen molar-refractivity contribution in [3.63, 3.8) is 0 Å². The van der Waals surface area contributed by atoms with Gasteiger partial charge >= 0.3 is 0 Å². The van der Waals surface area contributed by atoms with Gasteiger partial charge in [0.05, 0.1) is 16.4 Å². The van der Waals surface area contributed by atoms with E-state index in [9.17, 15) is 9.59 Å². The minimum atomic E-state index is -0.801. The van der Waals surface area contributed by atoms with E-state index < -0.39 is 5.41 Å². The maximum Gasteiger partial charge on any atom is 0.254 e. The molecule has 2 atom stereocenters. The molecule has 2 aliphatic carbocycles. The summed E-state index contributed by atoms with van der Waals surface area (Å²) < 4.78 is 6.03. The molecule has 1 aromatic carbocycles. The molecule has 0 saturated heterocycles.